The monoisotopic (exact) mass is 326 g/mol. The lowest BCUT2D eigenvalue weighted by molar-refractivity contribution is 0.581. The van der Waals surface area contributed by atoms with Gasteiger partial charge in [0.25, 0.3) is 0 Å². The highest BCUT2D eigenvalue weighted by Crippen LogP contribution is 2.11. The van der Waals surface area contributed by atoms with Crippen LogP contribution in [0.1, 0.15) is 5.56 Å². The van der Waals surface area contributed by atoms with Gasteiger partial charge in [0, 0.05) is 23.4 Å². The van der Waals surface area contributed by atoms with Crippen LogP contribution in [0.5, 0.6) is 0 Å². The molecule has 0 amide bonds. The quantitative estimate of drug-likeness (QED) is 0.938. The number of nitrogens with zero attached hydrogens (tertiary/aromatic N) is 1. The molecule has 4 nitrogen and oxygen atoms in total. The van der Waals surface area contributed by atoms with Crippen molar-refractivity contribution in [2.24, 2.45) is 0 Å². The third-order valence-corrected chi connectivity index (χ3v) is 4.24. The van der Waals surface area contributed by atoms with E-state index in [1.807, 2.05) is 24.3 Å². The van der Waals surface area contributed by atoms with Crippen LogP contribution in [0.3, 0.4) is 0 Å². The lowest BCUT2D eigenvalue weighted by atomic mass is 10.2. The molecule has 0 aliphatic heterocycles. The summed E-state index contributed by atoms with van der Waals surface area (Å²) in [4.78, 5) is 3.96. The van der Waals surface area contributed by atoms with Gasteiger partial charge in [0.05, 0.1) is 0 Å². The first kappa shape index (κ1) is 13.2. The minimum absolute atomic E-state index is 0.169. The average molecular weight is 327 g/mol. The molecule has 0 saturated carbocycles. The fourth-order valence-corrected chi connectivity index (χ4v) is 2.62. The molecule has 0 radical (unpaired) electrons. The molecule has 0 atom stereocenters. The van der Waals surface area contributed by atoms with Crippen LogP contribution in [0.25, 0.3) is 0 Å². The fraction of sp³-hybridized carbons (Fsp3) is 0.0833. The SMILES string of the molecule is O=S(=O)(NCc1ccc(Br)cc1)c1cccnc1. The van der Waals surface area contributed by atoms with E-state index in [1.165, 1.54) is 18.5 Å². The van der Waals surface area contributed by atoms with Crippen molar-refractivity contribution in [1.82, 2.24) is 9.71 Å². The molecular weight excluding hydrogens is 316 g/mol. The highest BCUT2D eigenvalue weighted by atomic mass is 79.9. The summed E-state index contributed by atoms with van der Waals surface area (Å²) in [7, 11) is -3.49. The van der Waals surface area contributed by atoms with Gasteiger partial charge < -0.3 is 0 Å². The number of rotatable bonds is 4. The Bertz CT molecular complexity index is 612. The average Bonchev–Trinajstić information content (AvgIpc) is 2.39. The molecule has 0 bridgehead atoms. The van der Waals surface area contributed by atoms with Crippen LogP contribution in [0.2, 0.25) is 0 Å². The minimum Gasteiger partial charge on any atom is -0.263 e. The molecule has 6 heteroatoms. The van der Waals surface area contributed by atoms with Crippen LogP contribution in [0, 0.1) is 0 Å². The van der Waals surface area contributed by atoms with Crippen molar-refractivity contribution in [2.45, 2.75) is 11.4 Å². The molecule has 0 fully saturated rings. The van der Waals surface area contributed by atoms with Gasteiger partial charge in [-0.15, -0.1) is 0 Å². The molecule has 0 saturated heterocycles. The molecule has 1 aromatic carbocycles. The van der Waals surface area contributed by atoms with E-state index >= 15 is 0 Å². The summed E-state index contributed by atoms with van der Waals surface area (Å²) in [5.74, 6) is 0. The lowest BCUT2D eigenvalue weighted by Crippen LogP contribution is -2.23. The Morgan fingerprint density at radius 3 is 2.50 bits per heavy atom. The van der Waals surface area contributed by atoms with Gasteiger partial charge in [0.2, 0.25) is 10.0 Å². The Labute approximate surface area is 114 Å². The summed E-state index contributed by atoms with van der Waals surface area (Å²) < 4.78 is 27.3. The van der Waals surface area contributed by atoms with Gasteiger partial charge in [-0.2, -0.15) is 0 Å². The van der Waals surface area contributed by atoms with Crippen LogP contribution < -0.4 is 4.72 Å². The molecule has 2 rings (SSSR count). The fourth-order valence-electron chi connectivity index (χ4n) is 1.37. The summed E-state index contributed by atoms with van der Waals surface area (Å²) in [6.45, 7) is 0.254. The molecule has 94 valence electrons. The molecular formula is C12H11BrN2O2S. The number of hydrogen-bond acceptors (Lipinski definition) is 3. The van der Waals surface area contributed by atoms with Crippen molar-refractivity contribution < 1.29 is 8.42 Å². The maximum Gasteiger partial charge on any atom is 0.242 e. The van der Waals surface area contributed by atoms with E-state index in [4.69, 9.17) is 0 Å². The lowest BCUT2D eigenvalue weighted by Gasteiger charge is -2.06. The van der Waals surface area contributed by atoms with E-state index in [0.29, 0.717) is 0 Å². The van der Waals surface area contributed by atoms with Gasteiger partial charge in [-0.25, -0.2) is 13.1 Å². The predicted molar refractivity (Wildman–Crippen MR) is 72.4 cm³/mol. The third kappa shape index (κ3) is 3.38. The van der Waals surface area contributed by atoms with Gasteiger partial charge in [-0.1, -0.05) is 28.1 Å². The Morgan fingerprint density at radius 2 is 1.89 bits per heavy atom. The first-order valence-corrected chi connectivity index (χ1v) is 7.50. The molecule has 1 N–H and O–H groups in total. The van der Waals surface area contributed by atoms with E-state index in [-0.39, 0.29) is 11.4 Å². The highest BCUT2D eigenvalue weighted by Gasteiger charge is 2.12. The number of benzene rings is 1. The van der Waals surface area contributed by atoms with E-state index in [2.05, 4.69) is 25.6 Å². The normalized spacial score (nSPS) is 11.4. The topological polar surface area (TPSA) is 59.1 Å². The number of halogens is 1. The van der Waals surface area contributed by atoms with E-state index < -0.39 is 10.0 Å². The van der Waals surface area contributed by atoms with E-state index in [1.54, 1.807) is 6.07 Å². The van der Waals surface area contributed by atoms with Crippen molar-refractivity contribution in [3.63, 3.8) is 0 Å². The van der Waals surface area contributed by atoms with Crippen molar-refractivity contribution in [1.29, 1.82) is 0 Å². The molecule has 2 aromatic rings. The molecule has 1 heterocycles. The molecule has 0 unspecified atom stereocenters. The third-order valence-electron chi connectivity index (χ3n) is 2.32. The summed E-state index contributed by atoms with van der Waals surface area (Å²) >= 11 is 3.33. The Balaban J connectivity index is 2.08. The van der Waals surface area contributed by atoms with Crippen molar-refractivity contribution in [3.05, 3.63) is 58.8 Å². The van der Waals surface area contributed by atoms with Gasteiger partial charge >= 0.3 is 0 Å². The largest absolute Gasteiger partial charge is 0.263 e. The van der Waals surface area contributed by atoms with Gasteiger partial charge in [0.15, 0.2) is 0 Å². The first-order chi connectivity index (χ1) is 8.58. The van der Waals surface area contributed by atoms with Crippen LogP contribution >= 0.6 is 15.9 Å². The zero-order valence-electron chi connectivity index (χ0n) is 9.38. The second-order valence-corrected chi connectivity index (χ2v) is 6.32. The maximum atomic E-state index is 11.9. The number of nitrogens with one attached hydrogen (secondary N) is 1. The standard InChI is InChI=1S/C12H11BrN2O2S/c13-11-5-3-10(4-6-11)8-15-18(16,17)12-2-1-7-14-9-12/h1-7,9,15H,8H2. The summed E-state index contributed by atoms with van der Waals surface area (Å²) in [6.07, 6.45) is 2.86. The Morgan fingerprint density at radius 1 is 1.17 bits per heavy atom. The smallest absolute Gasteiger partial charge is 0.242 e. The number of hydrogen-bond donors (Lipinski definition) is 1. The first-order valence-electron chi connectivity index (χ1n) is 5.22. The van der Waals surface area contributed by atoms with Gasteiger partial charge in [-0.05, 0) is 29.8 Å². The summed E-state index contributed by atoms with van der Waals surface area (Å²) in [5.41, 5.74) is 0.894. The van der Waals surface area contributed by atoms with Crippen LogP contribution in [0.15, 0.2) is 58.2 Å². The predicted octanol–water partition coefficient (Wildman–Crippen LogP) is 2.32. The van der Waals surface area contributed by atoms with Crippen LogP contribution in [-0.2, 0) is 16.6 Å². The van der Waals surface area contributed by atoms with Gasteiger partial charge in [-0.3, -0.25) is 4.98 Å². The Kier molecular flexibility index (Phi) is 4.11. The zero-order valence-corrected chi connectivity index (χ0v) is 11.8. The highest BCUT2D eigenvalue weighted by molar-refractivity contribution is 9.10. The number of aromatic nitrogens is 1. The zero-order chi connectivity index (χ0) is 13.0. The van der Waals surface area contributed by atoms with Crippen molar-refractivity contribution in [2.75, 3.05) is 0 Å². The molecule has 0 aliphatic carbocycles. The molecule has 0 spiro atoms. The van der Waals surface area contributed by atoms with Gasteiger partial charge in [0.1, 0.15) is 4.90 Å². The molecule has 1 aromatic heterocycles. The minimum atomic E-state index is -3.49. The van der Waals surface area contributed by atoms with Crippen LogP contribution in [0.4, 0.5) is 0 Å². The number of sulfonamides is 1. The maximum absolute atomic E-state index is 11.9. The van der Waals surface area contributed by atoms with Crippen molar-refractivity contribution in [3.8, 4) is 0 Å². The second kappa shape index (κ2) is 5.60. The van der Waals surface area contributed by atoms with E-state index in [9.17, 15) is 8.42 Å². The second-order valence-electron chi connectivity index (χ2n) is 3.64. The number of pyridine rings is 1. The molecule has 0 aliphatic rings. The van der Waals surface area contributed by atoms with Crippen LogP contribution in [-0.4, -0.2) is 13.4 Å². The van der Waals surface area contributed by atoms with E-state index in [0.717, 1.165) is 10.0 Å². The summed E-state index contributed by atoms with van der Waals surface area (Å²) in [6, 6.07) is 10.6. The van der Waals surface area contributed by atoms with Crippen molar-refractivity contribution >= 4 is 26.0 Å². The summed E-state index contributed by atoms with van der Waals surface area (Å²) in [5, 5.41) is 0. The Hall–Kier alpha value is -1.24. The molecule has 18 heavy (non-hydrogen) atoms.